The zero-order chi connectivity index (χ0) is 12.2. The van der Waals surface area contributed by atoms with Crippen LogP contribution in [0.25, 0.3) is 5.52 Å². The highest BCUT2D eigenvalue weighted by Gasteiger charge is 2.02. The van der Waals surface area contributed by atoms with Crippen LogP contribution >= 0.6 is 0 Å². The molecule has 0 saturated heterocycles. The second-order valence-corrected chi connectivity index (χ2v) is 4.00. The smallest absolute Gasteiger partial charge is 0.115 e. The van der Waals surface area contributed by atoms with Crippen molar-refractivity contribution in [2.45, 2.75) is 13.1 Å². The minimum absolute atomic E-state index is 0.729. The Hall–Kier alpha value is -2.27. The Labute approximate surface area is 105 Å². The lowest BCUT2D eigenvalue weighted by Gasteiger charge is -2.02. The summed E-state index contributed by atoms with van der Waals surface area (Å²) in [4.78, 5) is 8.06. The molecule has 18 heavy (non-hydrogen) atoms. The number of pyridine rings is 1. The monoisotopic (exact) mass is 239 g/mol. The van der Waals surface area contributed by atoms with Gasteiger partial charge in [0.1, 0.15) is 6.33 Å². The quantitative estimate of drug-likeness (QED) is 0.748. The van der Waals surface area contributed by atoms with E-state index in [-0.39, 0.29) is 0 Å². The van der Waals surface area contributed by atoms with E-state index in [1.54, 1.807) is 12.5 Å². The van der Waals surface area contributed by atoms with E-state index in [0.29, 0.717) is 0 Å². The number of nitrogens with zero attached hydrogens (tertiary/aromatic N) is 4. The summed E-state index contributed by atoms with van der Waals surface area (Å²) in [6.07, 6.45) is 7.15. The Morgan fingerprint density at radius 1 is 1.17 bits per heavy atom. The summed E-state index contributed by atoms with van der Waals surface area (Å²) in [6, 6.07) is 7.96. The van der Waals surface area contributed by atoms with Crippen LogP contribution in [-0.4, -0.2) is 19.6 Å². The molecule has 0 radical (unpaired) electrons. The molecule has 0 atom stereocenters. The van der Waals surface area contributed by atoms with E-state index >= 15 is 0 Å². The standard InChI is InChI=1S/C13H13N5/c1-2-6-18-13(3-1)11(8-17-18)7-15-9-12-4-5-14-10-16-12/h1-6,8,10,15H,7,9H2. The van der Waals surface area contributed by atoms with Gasteiger partial charge in [-0.25, -0.2) is 14.5 Å². The van der Waals surface area contributed by atoms with Gasteiger partial charge in [0.25, 0.3) is 0 Å². The Morgan fingerprint density at radius 3 is 3.06 bits per heavy atom. The van der Waals surface area contributed by atoms with Crippen molar-refractivity contribution in [1.29, 1.82) is 0 Å². The van der Waals surface area contributed by atoms with E-state index in [1.807, 2.05) is 35.1 Å². The van der Waals surface area contributed by atoms with Crippen molar-refractivity contribution in [1.82, 2.24) is 24.9 Å². The van der Waals surface area contributed by atoms with E-state index in [0.717, 1.165) is 24.3 Å². The molecular weight excluding hydrogens is 226 g/mol. The molecule has 0 aliphatic heterocycles. The molecule has 0 unspecified atom stereocenters. The third-order valence-corrected chi connectivity index (χ3v) is 2.77. The molecule has 0 fully saturated rings. The van der Waals surface area contributed by atoms with Gasteiger partial charge in [0.05, 0.1) is 17.4 Å². The minimum Gasteiger partial charge on any atom is -0.307 e. The van der Waals surface area contributed by atoms with Crippen molar-refractivity contribution >= 4 is 5.52 Å². The lowest BCUT2D eigenvalue weighted by molar-refractivity contribution is 0.680. The number of aromatic nitrogens is 4. The van der Waals surface area contributed by atoms with Gasteiger partial charge in [-0.3, -0.25) is 0 Å². The number of hydrogen-bond acceptors (Lipinski definition) is 4. The third kappa shape index (κ3) is 2.21. The van der Waals surface area contributed by atoms with E-state index in [4.69, 9.17) is 0 Å². The third-order valence-electron chi connectivity index (χ3n) is 2.77. The molecule has 0 aliphatic rings. The normalized spacial score (nSPS) is 10.9. The van der Waals surface area contributed by atoms with Crippen LogP contribution in [0.2, 0.25) is 0 Å². The number of hydrogen-bond donors (Lipinski definition) is 1. The fraction of sp³-hybridized carbons (Fsp3) is 0.154. The topological polar surface area (TPSA) is 55.1 Å². The molecule has 90 valence electrons. The molecule has 5 heteroatoms. The maximum atomic E-state index is 4.30. The number of fused-ring (bicyclic) bond motifs is 1. The fourth-order valence-corrected chi connectivity index (χ4v) is 1.87. The maximum absolute atomic E-state index is 4.30. The van der Waals surface area contributed by atoms with E-state index < -0.39 is 0 Å². The van der Waals surface area contributed by atoms with Crippen molar-refractivity contribution < 1.29 is 0 Å². The van der Waals surface area contributed by atoms with Gasteiger partial charge in [-0.1, -0.05) is 6.07 Å². The highest BCUT2D eigenvalue weighted by atomic mass is 15.2. The zero-order valence-corrected chi connectivity index (χ0v) is 9.82. The summed E-state index contributed by atoms with van der Waals surface area (Å²) >= 11 is 0. The first kappa shape index (κ1) is 10.9. The molecule has 3 heterocycles. The summed E-state index contributed by atoms with van der Waals surface area (Å²) in [5.74, 6) is 0. The van der Waals surface area contributed by atoms with Crippen LogP contribution in [0.5, 0.6) is 0 Å². The first-order valence-electron chi connectivity index (χ1n) is 5.80. The van der Waals surface area contributed by atoms with Crippen LogP contribution < -0.4 is 5.32 Å². The Kier molecular flexibility index (Phi) is 2.97. The predicted octanol–water partition coefficient (Wildman–Crippen LogP) is 1.41. The van der Waals surface area contributed by atoms with Crippen LogP contribution in [0, 0.1) is 0 Å². The van der Waals surface area contributed by atoms with Crippen LogP contribution in [0.15, 0.2) is 49.2 Å². The van der Waals surface area contributed by atoms with Crippen molar-refractivity contribution in [3.05, 3.63) is 60.4 Å². The Balaban J connectivity index is 1.67. The largest absolute Gasteiger partial charge is 0.307 e. The maximum Gasteiger partial charge on any atom is 0.115 e. The molecule has 3 aromatic heterocycles. The van der Waals surface area contributed by atoms with Gasteiger partial charge in [-0.05, 0) is 18.2 Å². The second kappa shape index (κ2) is 4.93. The average Bonchev–Trinajstić information content (AvgIpc) is 2.84. The molecule has 0 aromatic carbocycles. The summed E-state index contributed by atoms with van der Waals surface area (Å²) in [7, 11) is 0. The second-order valence-electron chi connectivity index (χ2n) is 4.00. The summed E-state index contributed by atoms with van der Waals surface area (Å²) in [5.41, 5.74) is 3.30. The number of nitrogens with one attached hydrogen (secondary N) is 1. The molecule has 1 N–H and O–H groups in total. The minimum atomic E-state index is 0.729. The molecule has 3 rings (SSSR count). The first-order chi connectivity index (χ1) is 8.93. The summed E-state index contributed by atoms with van der Waals surface area (Å²) in [5, 5.41) is 7.65. The van der Waals surface area contributed by atoms with Crippen LogP contribution in [-0.2, 0) is 13.1 Å². The summed E-state index contributed by atoms with van der Waals surface area (Å²) < 4.78 is 1.88. The highest BCUT2D eigenvalue weighted by Crippen LogP contribution is 2.09. The van der Waals surface area contributed by atoms with Crippen LogP contribution in [0.3, 0.4) is 0 Å². The average molecular weight is 239 g/mol. The zero-order valence-electron chi connectivity index (χ0n) is 9.82. The first-order valence-corrected chi connectivity index (χ1v) is 5.80. The molecule has 0 bridgehead atoms. The van der Waals surface area contributed by atoms with Crippen molar-refractivity contribution in [3.8, 4) is 0 Å². The van der Waals surface area contributed by atoms with Crippen molar-refractivity contribution in [2.24, 2.45) is 0 Å². The van der Waals surface area contributed by atoms with Gasteiger partial charge in [-0.15, -0.1) is 0 Å². The fourth-order valence-electron chi connectivity index (χ4n) is 1.87. The predicted molar refractivity (Wildman–Crippen MR) is 67.8 cm³/mol. The van der Waals surface area contributed by atoms with Gasteiger partial charge >= 0.3 is 0 Å². The molecule has 3 aromatic rings. The van der Waals surface area contributed by atoms with Gasteiger partial charge < -0.3 is 5.32 Å². The molecule has 5 nitrogen and oxygen atoms in total. The lowest BCUT2D eigenvalue weighted by Crippen LogP contribution is -2.13. The molecular formula is C13H13N5. The molecule has 0 saturated carbocycles. The van der Waals surface area contributed by atoms with Gasteiger partial charge in [0, 0.05) is 31.0 Å². The van der Waals surface area contributed by atoms with Gasteiger partial charge in [0.2, 0.25) is 0 Å². The lowest BCUT2D eigenvalue weighted by atomic mass is 10.2. The molecule has 0 spiro atoms. The highest BCUT2D eigenvalue weighted by molar-refractivity contribution is 5.53. The van der Waals surface area contributed by atoms with Gasteiger partial charge in [-0.2, -0.15) is 5.10 Å². The summed E-state index contributed by atoms with van der Waals surface area (Å²) in [6.45, 7) is 1.50. The van der Waals surface area contributed by atoms with Crippen LogP contribution in [0.4, 0.5) is 0 Å². The van der Waals surface area contributed by atoms with Gasteiger partial charge in [0.15, 0.2) is 0 Å². The Morgan fingerprint density at radius 2 is 2.17 bits per heavy atom. The van der Waals surface area contributed by atoms with E-state index in [9.17, 15) is 0 Å². The Bertz CT molecular complexity index is 632. The van der Waals surface area contributed by atoms with E-state index in [2.05, 4.69) is 26.4 Å². The van der Waals surface area contributed by atoms with Crippen LogP contribution in [0.1, 0.15) is 11.3 Å². The molecule has 0 amide bonds. The van der Waals surface area contributed by atoms with Crippen molar-refractivity contribution in [3.63, 3.8) is 0 Å². The van der Waals surface area contributed by atoms with Crippen molar-refractivity contribution in [2.75, 3.05) is 0 Å². The SMILES string of the molecule is c1ccn2ncc(CNCc3ccncn3)c2c1. The number of rotatable bonds is 4. The van der Waals surface area contributed by atoms with E-state index in [1.165, 1.54) is 5.56 Å². The molecule has 0 aliphatic carbocycles.